The van der Waals surface area contributed by atoms with Gasteiger partial charge in [-0.15, -0.1) is 0 Å². The molecule has 3 N–H and O–H groups in total. The molecule has 0 amide bonds. The van der Waals surface area contributed by atoms with Crippen molar-refractivity contribution in [3.05, 3.63) is 11.6 Å². The van der Waals surface area contributed by atoms with Gasteiger partial charge in [0.05, 0.1) is 0 Å². The molecule has 0 heterocycles. The maximum Gasteiger partial charge on any atom is 0.320 e. The normalized spacial score (nSPS) is 12.2. The molecule has 0 radical (unpaired) electrons. The van der Waals surface area contributed by atoms with Crippen LogP contribution in [0.2, 0.25) is 0 Å². The number of hydrogen-bond donors (Lipinski definition) is 2. The SMILES string of the molecule is CC(C)=CCCC[C@H](N)C(=O)O. The number of unbranched alkanes of at least 4 members (excludes halogenated alkanes) is 1. The summed E-state index contributed by atoms with van der Waals surface area (Å²) in [6.45, 7) is 4.05. The Labute approximate surface area is 73.3 Å². The molecule has 0 saturated heterocycles. The zero-order valence-corrected chi connectivity index (χ0v) is 7.71. The second-order valence-electron chi connectivity index (χ2n) is 3.16. The quantitative estimate of drug-likeness (QED) is 0.487. The molecule has 0 aromatic carbocycles. The van der Waals surface area contributed by atoms with Gasteiger partial charge in [0.1, 0.15) is 6.04 Å². The molecule has 0 unspecified atom stereocenters. The van der Waals surface area contributed by atoms with Crippen LogP contribution in [0.4, 0.5) is 0 Å². The third-order valence-corrected chi connectivity index (χ3v) is 1.59. The molecule has 3 heteroatoms. The van der Waals surface area contributed by atoms with Crippen molar-refractivity contribution in [1.29, 1.82) is 0 Å². The molecule has 0 aliphatic carbocycles. The lowest BCUT2D eigenvalue weighted by Crippen LogP contribution is -2.29. The van der Waals surface area contributed by atoms with E-state index in [1.165, 1.54) is 5.57 Å². The van der Waals surface area contributed by atoms with Crippen LogP contribution in [0.3, 0.4) is 0 Å². The zero-order chi connectivity index (χ0) is 9.56. The van der Waals surface area contributed by atoms with Gasteiger partial charge in [0.25, 0.3) is 0 Å². The molecule has 0 aliphatic heterocycles. The molecule has 0 saturated carbocycles. The molecular weight excluding hydrogens is 154 g/mol. The van der Waals surface area contributed by atoms with Crippen molar-refractivity contribution < 1.29 is 9.90 Å². The Morgan fingerprint density at radius 1 is 1.58 bits per heavy atom. The molecule has 0 rings (SSSR count). The molecule has 0 aliphatic rings. The van der Waals surface area contributed by atoms with Gasteiger partial charge in [0, 0.05) is 0 Å². The smallest absolute Gasteiger partial charge is 0.320 e. The fourth-order valence-electron chi connectivity index (χ4n) is 0.852. The number of hydrogen-bond acceptors (Lipinski definition) is 2. The topological polar surface area (TPSA) is 63.3 Å². The van der Waals surface area contributed by atoms with Gasteiger partial charge >= 0.3 is 5.97 Å². The first-order valence-electron chi connectivity index (χ1n) is 4.15. The van der Waals surface area contributed by atoms with Crippen molar-refractivity contribution in [3.8, 4) is 0 Å². The molecule has 70 valence electrons. The van der Waals surface area contributed by atoms with Gasteiger partial charge in [-0.3, -0.25) is 4.79 Å². The molecule has 12 heavy (non-hydrogen) atoms. The standard InChI is InChI=1S/C9H17NO2/c1-7(2)5-3-4-6-8(10)9(11)12/h5,8H,3-4,6,10H2,1-2H3,(H,11,12)/t8-/m0/s1. The van der Waals surface area contributed by atoms with Gasteiger partial charge in [0.2, 0.25) is 0 Å². The van der Waals surface area contributed by atoms with Gasteiger partial charge in [-0.05, 0) is 33.1 Å². The van der Waals surface area contributed by atoms with E-state index < -0.39 is 12.0 Å². The van der Waals surface area contributed by atoms with Crippen LogP contribution in [-0.4, -0.2) is 17.1 Å². The highest BCUT2D eigenvalue weighted by molar-refractivity contribution is 5.72. The molecule has 0 bridgehead atoms. The number of nitrogens with two attached hydrogens (primary N) is 1. The number of carbonyl (C=O) groups is 1. The molecular formula is C9H17NO2. The fraction of sp³-hybridized carbons (Fsp3) is 0.667. The summed E-state index contributed by atoms with van der Waals surface area (Å²) in [5.74, 6) is -0.910. The van der Waals surface area contributed by atoms with Crippen molar-refractivity contribution in [2.75, 3.05) is 0 Å². The summed E-state index contributed by atoms with van der Waals surface area (Å²) in [5, 5.41) is 8.45. The number of carboxylic acid groups (broad SMARTS) is 1. The van der Waals surface area contributed by atoms with Gasteiger partial charge in [0.15, 0.2) is 0 Å². The largest absolute Gasteiger partial charge is 0.480 e. The van der Waals surface area contributed by atoms with Crippen LogP contribution in [0.5, 0.6) is 0 Å². The Balaban J connectivity index is 3.44. The Bertz CT molecular complexity index is 171. The van der Waals surface area contributed by atoms with Crippen LogP contribution in [0, 0.1) is 0 Å². The maximum absolute atomic E-state index is 10.3. The minimum Gasteiger partial charge on any atom is -0.480 e. The van der Waals surface area contributed by atoms with Crippen LogP contribution < -0.4 is 5.73 Å². The predicted molar refractivity (Wildman–Crippen MR) is 48.9 cm³/mol. The fourth-order valence-corrected chi connectivity index (χ4v) is 0.852. The van der Waals surface area contributed by atoms with E-state index in [9.17, 15) is 4.79 Å². The van der Waals surface area contributed by atoms with Crippen LogP contribution in [-0.2, 0) is 4.79 Å². The van der Waals surface area contributed by atoms with Crippen molar-refractivity contribution in [1.82, 2.24) is 0 Å². The van der Waals surface area contributed by atoms with Gasteiger partial charge in [-0.25, -0.2) is 0 Å². The number of carboxylic acids is 1. The summed E-state index contributed by atoms with van der Waals surface area (Å²) in [4.78, 5) is 10.3. The van der Waals surface area contributed by atoms with Gasteiger partial charge < -0.3 is 10.8 Å². The molecule has 3 nitrogen and oxygen atoms in total. The first-order valence-corrected chi connectivity index (χ1v) is 4.15. The van der Waals surface area contributed by atoms with Gasteiger partial charge in [-0.2, -0.15) is 0 Å². The van der Waals surface area contributed by atoms with Crippen LogP contribution in [0.25, 0.3) is 0 Å². The van der Waals surface area contributed by atoms with Crippen molar-refractivity contribution in [2.24, 2.45) is 5.73 Å². The Morgan fingerprint density at radius 3 is 2.58 bits per heavy atom. The average Bonchev–Trinajstić information content (AvgIpc) is 1.97. The lowest BCUT2D eigenvalue weighted by atomic mass is 10.1. The minimum atomic E-state index is -0.910. The van der Waals surface area contributed by atoms with Gasteiger partial charge in [-0.1, -0.05) is 11.6 Å². The van der Waals surface area contributed by atoms with E-state index in [1.54, 1.807) is 0 Å². The Kier molecular flexibility index (Phi) is 5.37. The van der Waals surface area contributed by atoms with E-state index in [0.29, 0.717) is 6.42 Å². The second-order valence-corrected chi connectivity index (χ2v) is 3.16. The first kappa shape index (κ1) is 11.2. The lowest BCUT2D eigenvalue weighted by Gasteiger charge is -2.03. The number of rotatable bonds is 5. The highest BCUT2D eigenvalue weighted by atomic mass is 16.4. The average molecular weight is 171 g/mol. The zero-order valence-electron chi connectivity index (χ0n) is 7.71. The van der Waals surface area contributed by atoms with E-state index in [2.05, 4.69) is 6.08 Å². The van der Waals surface area contributed by atoms with Crippen LogP contribution in [0.1, 0.15) is 33.1 Å². The molecule has 0 aromatic heterocycles. The van der Waals surface area contributed by atoms with E-state index in [4.69, 9.17) is 10.8 Å². The summed E-state index contributed by atoms with van der Waals surface area (Å²) in [6, 6.07) is -0.699. The summed E-state index contributed by atoms with van der Waals surface area (Å²) in [5.41, 5.74) is 6.58. The molecule has 1 atom stereocenters. The third kappa shape index (κ3) is 5.92. The van der Waals surface area contributed by atoms with E-state index in [1.807, 2.05) is 13.8 Å². The summed E-state index contributed by atoms with van der Waals surface area (Å²) in [6.07, 6.45) is 4.41. The predicted octanol–water partition coefficient (Wildman–Crippen LogP) is 1.53. The summed E-state index contributed by atoms with van der Waals surface area (Å²) < 4.78 is 0. The Hall–Kier alpha value is -0.830. The Morgan fingerprint density at radius 2 is 2.17 bits per heavy atom. The minimum absolute atomic E-state index is 0.555. The number of allylic oxidation sites excluding steroid dienone is 2. The second kappa shape index (κ2) is 5.77. The van der Waals surface area contributed by atoms with E-state index in [-0.39, 0.29) is 0 Å². The highest BCUT2D eigenvalue weighted by Gasteiger charge is 2.09. The van der Waals surface area contributed by atoms with E-state index >= 15 is 0 Å². The van der Waals surface area contributed by atoms with Crippen molar-refractivity contribution >= 4 is 5.97 Å². The molecule has 0 fully saturated rings. The lowest BCUT2D eigenvalue weighted by molar-refractivity contribution is -0.138. The summed E-state index contributed by atoms with van der Waals surface area (Å²) >= 11 is 0. The molecule has 0 spiro atoms. The summed E-state index contributed by atoms with van der Waals surface area (Å²) in [7, 11) is 0. The number of aliphatic carboxylic acids is 1. The third-order valence-electron chi connectivity index (χ3n) is 1.59. The van der Waals surface area contributed by atoms with Crippen LogP contribution in [0.15, 0.2) is 11.6 Å². The van der Waals surface area contributed by atoms with E-state index in [0.717, 1.165) is 12.8 Å². The van der Waals surface area contributed by atoms with Crippen molar-refractivity contribution in [3.63, 3.8) is 0 Å². The van der Waals surface area contributed by atoms with Crippen LogP contribution >= 0.6 is 0 Å². The van der Waals surface area contributed by atoms with Crippen molar-refractivity contribution in [2.45, 2.75) is 39.2 Å². The highest BCUT2D eigenvalue weighted by Crippen LogP contribution is 2.02. The molecule has 0 aromatic rings. The monoisotopic (exact) mass is 171 g/mol. The first-order chi connectivity index (χ1) is 5.54. The maximum atomic E-state index is 10.3.